The SMILES string of the molecule is Cc1ccc(=O)n(CCN2CCN(Cc3nnc4ccc(C)nn34)CC2)n1. The molecule has 1 fully saturated rings. The van der Waals surface area contributed by atoms with Crippen molar-refractivity contribution in [2.45, 2.75) is 26.9 Å². The van der Waals surface area contributed by atoms with E-state index in [1.54, 1.807) is 16.8 Å². The summed E-state index contributed by atoms with van der Waals surface area (Å²) in [5, 5.41) is 17.3. The quantitative estimate of drug-likeness (QED) is 0.632. The summed E-state index contributed by atoms with van der Waals surface area (Å²) in [5.41, 5.74) is 2.56. The molecule has 0 saturated carbocycles. The Morgan fingerprint density at radius 1 is 0.852 bits per heavy atom. The molecule has 4 rings (SSSR count). The largest absolute Gasteiger partial charge is 0.299 e. The predicted octanol–water partition coefficient (Wildman–Crippen LogP) is 0.116. The van der Waals surface area contributed by atoms with Gasteiger partial charge in [0.25, 0.3) is 5.56 Å². The second-order valence-electron chi connectivity index (χ2n) is 7.01. The molecule has 27 heavy (non-hydrogen) atoms. The summed E-state index contributed by atoms with van der Waals surface area (Å²) < 4.78 is 3.38. The van der Waals surface area contributed by atoms with E-state index in [1.165, 1.54) is 0 Å². The zero-order valence-electron chi connectivity index (χ0n) is 15.7. The van der Waals surface area contributed by atoms with Crippen molar-refractivity contribution >= 4 is 5.65 Å². The first-order chi connectivity index (χ1) is 13.1. The summed E-state index contributed by atoms with van der Waals surface area (Å²) in [4.78, 5) is 16.6. The second kappa shape index (κ2) is 7.53. The molecule has 4 heterocycles. The number of piperazine rings is 1. The van der Waals surface area contributed by atoms with Crippen molar-refractivity contribution in [1.82, 2.24) is 39.4 Å². The summed E-state index contributed by atoms with van der Waals surface area (Å²) in [6.07, 6.45) is 0. The van der Waals surface area contributed by atoms with Crippen LogP contribution in [0.5, 0.6) is 0 Å². The van der Waals surface area contributed by atoms with E-state index in [2.05, 4.69) is 30.2 Å². The highest BCUT2D eigenvalue weighted by Gasteiger charge is 2.19. The topological polar surface area (TPSA) is 84.5 Å². The zero-order chi connectivity index (χ0) is 18.8. The lowest BCUT2D eigenvalue weighted by molar-refractivity contribution is 0.120. The Kier molecular flexibility index (Phi) is 4.95. The monoisotopic (exact) mass is 368 g/mol. The number of hydrogen-bond donors (Lipinski definition) is 0. The molecule has 0 amide bonds. The van der Waals surface area contributed by atoms with E-state index >= 15 is 0 Å². The van der Waals surface area contributed by atoms with Crippen LogP contribution in [0.4, 0.5) is 0 Å². The second-order valence-corrected chi connectivity index (χ2v) is 7.01. The molecule has 0 unspecified atom stereocenters. The van der Waals surface area contributed by atoms with Gasteiger partial charge in [-0.15, -0.1) is 10.2 Å². The Bertz CT molecular complexity index is 986. The van der Waals surface area contributed by atoms with Crippen LogP contribution in [0.3, 0.4) is 0 Å². The van der Waals surface area contributed by atoms with E-state index in [0.717, 1.165) is 62.1 Å². The molecule has 1 aliphatic rings. The molecule has 1 saturated heterocycles. The summed E-state index contributed by atoms with van der Waals surface area (Å²) in [5.74, 6) is 0.873. The normalized spacial score (nSPS) is 16.2. The van der Waals surface area contributed by atoms with Gasteiger partial charge in [0, 0.05) is 38.8 Å². The number of rotatable bonds is 5. The lowest BCUT2D eigenvalue weighted by Gasteiger charge is -2.34. The zero-order valence-corrected chi connectivity index (χ0v) is 15.7. The molecule has 0 aromatic carbocycles. The third-order valence-corrected chi connectivity index (χ3v) is 4.92. The highest BCUT2D eigenvalue weighted by molar-refractivity contribution is 5.35. The average Bonchev–Trinajstić information content (AvgIpc) is 3.05. The molecule has 3 aromatic heterocycles. The van der Waals surface area contributed by atoms with Crippen LogP contribution in [0.1, 0.15) is 17.2 Å². The van der Waals surface area contributed by atoms with Gasteiger partial charge in [0.05, 0.1) is 24.5 Å². The summed E-state index contributed by atoms with van der Waals surface area (Å²) in [7, 11) is 0. The Morgan fingerprint density at radius 2 is 1.56 bits per heavy atom. The number of nitrogens with zero attached hydrogens (tertiary/aromatic N) is 8. The van der Waals surface area contributed by atoms with Crippen molar-refractivity contribution in [3.8, 4) is 0 Å². The molecule has 3 aromatic rings. The third-order valence-electron chi connectivity index (χ3n) is 4.92. The lowest BCUT2D eigenvalue weighted by atomic mass is 10.3. The minimum absolute atomic E-state index is 0.0410. The van der Waals surface area contributed by atoms with Gasteiger partial charge in [-0.3, -0.25) is 14.6 Å². The minimum Gasteiger partial charge on any atom is -0.299 e. The first-order valence-corrected chi connectivity index (χ1v) is 9.26. The van der Waals surface area contributed by atoms with Gasteiger partial charge < -0.3 is 0 Å². The number of aromatic nitrogens is 6. The molecule has 1 aliphatic heterocycles. The maximum atomic E-state index is 11.9. The molecule has 9 heteroatoms. The molecule has 9 nitrogen and oxygen atoms in total. The van der Waals surface area contributed by atoms with Crippen LogP contribution in [0.2, 0.25) is 0 Å². The van der Waals surface area contributed by atoms with E-state index in [4.69, 9.17) is 0 Å². The van der Waals surface area contributed by atoms with Crippen molar-refractivity contribution in [3.05, 3.63) is 51.8 Å². The molecule has 0 aliphatic carbocycles. The van der Waals surface area contributed by atoms with E-state index in [1.807, 2.05) is 30.5 Å². The van der Waals surface area contributed by atoms with Crippen LogP contribution in [-0.2, 0) is 13.1 Å². The van der Waals surface area contributed by atoms with Crippen molar-refractivity contribution < 1.29 is 0 Å². The van der Waals surface area contributed by atoms with Crippen LogP contribution in [0.15, 0.2) is 29.1 Å². The van der Waals surface area contributed by atoms with Gasteiger partial charge in [-0.05, 0) is 32.0 Å². The van der Waals surface area contributed by atoms with Crippen molar-refractivity contribution in [3.63, 3.8) is 0 Å². The highest BCUT2D eigenvalue weighted by Crippen LogP contribution is 2.09. The third kappa shape index (κ3) is 4.04. The molecule has 0 bridgehead atoms. The van der Waals surface area contributed by atoms with E-state index < -0.39 is 0 Å². The first kappa shape index (κ1) is 17.7. The number of hydrogen-bond acceptors (Lipinski definition) is 7. The molecule has 0 radical (unpaired) electrons. The van der Waals surface area contributed by atoms with Crippen molar-refractivity contribution in [1.29, 1.82) is 0 Å². The van der Waals surface area contributed by atoms with Crippen LogP contribution >= 0.6 is 0 Å². The van der Waals surface area contributed by atoms with Gasteiger partial charge in [0.1, 0.15) is 0 Å². The molecule has 0 N–H and O–H groups in total. The standard InChI is InChI=1S/C18H24N8O/c1-14-4-6-18(27)25(21-14)12-11-23-7-9-24(10-8-23)13-17-20-19-16-5-3-15(2)22-26(16)17/h3-6H,7-13H2,1-2H3. The summed E-state index contributed by atoms with van der Waals surface area (Å²) in [6, 6.07) is 7.22. The van der Waals surface area contributed by atoms with Crippen LogP contribution in [-0.4, -0.2) is 72.1 Å². The van der Waals surface area contributed by atoms with Crippen LogP contribution in [0.25, 0.3) is 5.65 Å². The molecule has 0 spiro atoms. The fraction of sp³-hybridized carbons (Fsp3) is 0.500. The van der Waals surface area contributed by atoms with E-state index in [0.29, 0.717) is 6.54 Å². The molecule has 142 valence electrons. The van der Waals surface area contributed by atoms with E-state index in [-0.39, 0.29) is 5.56 Å². The highest BCUT2D eigenvalue weighted by atomic mass is 16.1. The fourth-order valence-electron chi connectivity index (χ4n) is 3.34. The number of fused-ring (bicyclic) bond motifs is 1. The van der Waals surface area contributed by atoms with Gasteiger partial charge in [-0.2, -0.15) is 14.7 Å². The molecular formula is C18H24N8O. The summed E-state index contributed by atoms with van der Waals surface area (Å²) in [6.45, 7) is 9.90. The Labute approximate surface area is 157 Å². The van der Waals surface area contributed by atoms with Crippen molar-refractivity contribution in [2.24, 2.45) is 0 Å². The smallest absolute Gasteiger partial charge is 0.266 e. The Balaban J connectivity index is 1.31. The lowest BCUT2D eigenvalue weighted by Crippen LogP contribution is -2.47. The molecule has 0 atom stereocenters. The van der Waals surface area contributed by atoms with Gasteiger partial charge in [-0.25, -0.2) is 4.68 Å². The van der Waals surface area contributed by atoms with E-state index in [9.17, 15) is 4.79 Å². The van der Waals surface area contributed by atoms with Crippen LogP contribution in [0, 0.1) is 13.8 Å². The number of aryl methyl sites for hydroxylation is 2. The van der Waals surface area contributed by atoms with Gasteiger partial charge in [0.15, 0.2) is 11.5 Å². The van der Waals surface area contributed by atoms with Gasteiger partial charge in [-0.1, -0.05) is 0 Å². The summed E-state index contributed by atoms with van der Waals surface area (Å²) >= 11 is 0. The fourth-order valence-corrected chi connectivity index (χ4v) is 3.34. The first-order valence-electron chi connectivity index (χ1n) is 9.26. The van der Waals surface area contributed by atoms with Crippen molar-refractivity contribution in [2.75, 3.05) is 32.7 Å². The molecular weight excluding hydrogens is 344 g/mol. The van der Waals surface area contributed by atoms with Gasteiger partial charge >= 0.3 is 0 Å². The maximum Gasteiger partial charge on any atom is 0.266 e. The van der Waals surface area contributed by atoms with Gasteiger partial charge in [0.2, 0.25) is 0 Å². The van der Waals surface area contributed by atoms with Crippen LogP contribution < -0.4 is 5.56 Å². The average molecular weight is 368 g/mol. The maximum absolute atomic E-state index is 11.9. The minimum atomic E-state index is -0.0410. The predicted molar refractivity (Wildman–Crippen MR) is 100 cm³/mol. The Hall–Kier alpha value is -2.65. The Morgan fingerprint density at radius 3 is 2.37 bits per heavy atom.